The van der Waals surface area contributed by atoms with Gasteiger partial charge in [0.05, 0.1) is 6.42 Å². The number of piperidine rings is 1. The molecule has 152 valence electrons. The van der Waals surface area contributed by atoms with Crippen LogP contribution >= 0.6 is 23.2 Å². The summed E-state index contributed by atoms with van der Waals surface area (Å²) in [4.78, 5) is 13.6. The summed E-state index contributed by atoms with van der Waals surface area (Å²) in [5, 5.41) is 11.7. The molecule has 4 rings (SSSR count). The second kappa shape index (κ2) is 8.78. The Morgan fingerprint density at radius 3 is 2.55 bits per heavy atom. The van der Waals surface area contributed by atoms with Crippen molar-refractivity contribution in [2.24, 2.45) is 0 Å². The van der Waals surface area contributed by atoms with Crippen molar-refractivity contribution < 1.29 is 9.90 Å². The topological polar surface area (TPSA) is 45.5 Å². The van der Waals surface area contributed by atoms with E-state index >= 15 is 0 Å². The average molecular weight is 431 g/mol. The largest absolute Gasteiger partial charge is 0.481 e. The number of hydrogen-bond donors (Lipinski definition) is 1. The predicted molar refractivity (Wildman–Crippen MR) is 118 cm³/mol. The Labute approximate surface area is 180 Å². The molecule has 2 heterocycles. The van der Waals surface area contributed by atoms with Crippen molar-refractivity contribution in [1.29, 1.82) is 0 Å². The molecule has 1 saturated heterocycles. The molecule has 1 aliphatic rings. The van der Waals surface area contributed by atoms with Crippen LogP contribution in [0.1, 0.15) is 30.0 Å². The van der Waals surface area contributed by atoms with Gasteiger partial charge in [-0.2, -0.15) is 0 Å². The molecule has 0 saturated carbocycles. The maximum absolute atomic E-state index is 11.1. The molecule has 4 nitrogen and oxygen atoms in total. The molecule has 6 heteroatoms. The summed E-state index contributed by atoms with van der Waals surface area (Å²) in [5.74, 6) is -0.819. The van der Waals surface area contributed by atoms with E-state index in [-0.39, 0.29) is 6.42 Å². The minimum Gasteiger partial charge on any atom is -0.481 e. The van der Waals surface area contributed by atoms with Crippen LogP contribution in [-0.2, 0) is 17.6 Å². The van der Waals surface area contributed by atoms with Gasteiger partial charge in [0.15, 0.2) is 0 Å². The molecule has 0 aliphatic carbocycles. The molecule has 3 aromatic rings. The third kappa shape index (κ3) is 4.61. The van der Waals surface area contributed by atoms with Gasteiger partial charge in [-0.25, -0.2) is 0 Å². The quantitative estimate of drug-likeness (QED) is 0.564. The predicted octanol–water partition coefficient (Wildman–Crippen LogP) is 5.45. The van der Waals surface area contributed by atoms with Crippen molar-refractivity contribution in [3.8, 4) is 0 Å². The number of carboxylic acid groups (broad SMARTS) is 1. The Kier molecular flexibility index (Phi) is 6.14. The molecule has 0 unspecified atom stereocenters. The number of halogens is 2. The number of hydrogen-bond acceptors (Lipinski definition) is 2. The summed E-state index contributed by atoms with van der Waals surface area (Å²) in [5.41, 5.74) is 3.03. The first-order valence-corrected chi connectivity index (χ1v) is 10.7. The fourth-order valence-corrected chi connectivity index (χ4v) is 4.85. The van der Waals surface area contributed by atoms with E-state index in [4.69, 9.17) is 28.3 Å². The molecule has 2 aromatic carbocycles. The second-order valence-corrected chi connectivity index (χ2v) is 8.51. The van der Waals surface area contributed by atoms with Crippen molar-refractivity contribution in [2.45, 2.75) is 31.7 Å². The number of aromatic nitrogens is 1. The first-order valence-electron chi connectivity index (χ1n) is 9.98. The molecule has 29 heavy (non-hydrogen) atoms. The Morgan fingerprint density at radius 2 is 1.83 bits per heavy atom. The van der Waals surface area contributed by atoms with Gasteiger partial charge < -0.3 is 14.6 Å². The fourth-order valence-electron chi connectivity index (χ4n) is 4.27. The van der Waals surface area contributed by atoms with E-state index in [0.29, 0.717) is 6.04 Å². The van der Waals surface area contributed by atoms with E-state index in [1.54, 1.807) is 0 Å². The normalized spacial score (nSPS) is 15.8. The second-order valence-electron chi connectivity index (χ2n) is 7.71. The van der Waals surface area contributed by atoms with E-state index in [1.165, 1.54) is 5.56 Å². The van der Waals surface area contributed by atoms with E-state index in [1.807, 2.05) is 42.5 Å². The summed E-state index contributed by atoms with van der Waals surface area (Å²) in [6.07, 6.45) is 3.03. The number of carbonyl (C=O) groups is 1. The number of benzene rings is 2. The van der Waals surface area contributed by atoms with Crippen LogP contribution in [0.3, 0.4) is 0 Å². The number of fused-ring (bicyclic) bond motifs is 1. The van der Waals surface area contributed by atoms with Crippen LogP contribution in [-0.4, -0.2) is 40.2 Å². The number of aliphatic carboxylic acids is 1. The lowest BCUT2D eigenvalue weighted by molar-refractivity contribution is -0.136. The monoisotopic (exact) mass is 430 g/mol. The lowest BCUT2D eigenvalue weighted by atomic mass is 10.0. The van der Waals surface area contributed by atoms with Gasteiger partial charge in [0, 0.05) is 41.6 Å². The zero-order valence-electron chi connectivity index (χ0n) is 16.2. The van der Waals surface area contributed by atoms with Crippen LogP contribution < -0.4 is 0 Å². The van der Waals surface area contributed by atoms with Crippen LogP contribution in [0.25, 0.3) is 10.9 Å². The molecule has 0 spiro atoms. The van der Waals surface area contributed by atoms with Crippen LogP contribution in [0.4, 0.5) is 0 Å². The standard InChI is InChI=1S/C23H24Cl2N2O2/c24-20-4-2-1-3-17(20)7-10-26-11-8-19(9-12-26)27-21-13-16(14-23(28)29)5-6-18(21)15-22(27)25/h1-6,13,15,19H,7-12,14H2,(H,28,29). The first kappa shape index (κ1) is 20.3. The molecule has 1 aliphatic heterocycles. The number of carboxylic acids is 1. The molecule has 0 atom stereocenters. The van der Waals surface area contributed by atoms with Crippen molar-refractivity contribution in [2.75, 3.05) is 19.6 Å². The van der Waals surface area contributed by atoms with E-state index in [9.17, 15) is 4.79 Å². The lowest BCUT2D eigenvalue weighted by Gasteiger charge is -2.33. The van der Waals surface area contributed by atoms with Gasteiger partial charge in [-0.05, 0) is 48.6 Å². The zero-order chi connectivity index (χ0) is 20.4. The maximum atomic E-state index is 11.1. The summed E-state index contributed by atoms with van der Waals surface area (Å²) in [6.45, 7) is 3.03. The highest BCUT2D eigenvalue weighted by atomic mass is 35.5. The summed E-state index contributed by atoms with van der Waals surface area (Å²) in [7, 11) is 0. The SMILES string of the molecule is O=C(O)Cc1ccc2cc(Cl)n(C3CCN(CCc4ccccc4Cl)CC3)c2c1. The first-order chi connectivity index (χ1) is 14.0. The molecule has 1 N–H and O–H groups in total. The summed E-state index contributed by atoms with van der Waals surface area (Å²) in [6, 6.07) is 16.1. The Bertz CT molecular complexity index is 1020. The summed E-state index contributed by atoms with van der Waals surface area (Å²) >= 11 is 12.8. The number of likely N-dealkylation sites (tertiary alicyclic amines) is 1. The molecule has 0 amide bonds. The van der Waals surface area contributed by atoms with Gasteiger partial charge in [-0.15, -0.1) is 0 Å². The number of rotatable bonds is 6. The maximum Gasteiger partial charge on any atom is 0.307 e. The highest BCUT2D eigenvalue weighted by Gasteiger charge is 2.23. The highest BCUT2D eigenvalue weighted by Crippen LogP contribution is 2.33. The molecule has 1 aromatic heterocycles. The van der Waals surface area contributed by atoms with Gasteiger partial charge in [-0.3, -0.25) is 4.79 Å². The van der Waals surface area contributed by atoms with Crippen LogP contribution in [0.15, 0.2) is 48.5 Å². The fraction of sp³-hybridized carbons (Fsp3) is 0.348. The molecular formula is C23H24Cl2N2O2. The molecule has 0 radical (unpaired) electrons. The zero-order valence-corrected chi connectivity index (χ0v) is 17.7. The minimum atomic E-state index is -0.819. The molecule has 1 fully saturated rings. The van der Waals surface area contributed by atoms with Gasteiger partial charge in [-0.1, -0.05) is 53.5 Å². The van der Waals surface area contributed by atoms with Crippen LogP contribution in [0, 0.1) is 0 Å². The highest BCUT2D eigenvalue weighted by molar-refractivity contribution is 6.31. The van der Waals surface area contributed by atoms with Crippen LogP contribution in [0.2, 0.25) is 10.2 Å². The van der Waals surface area contributed by atoms with E-state index in [2.05, 4.69) is 15.5 Å². The minimum absolute atomic E-state index is 0.0270. The molecular weight excluding hydrogens is 407 g/mol. The van der Waals surface area contributed by atoms with E-state index in [0.717, 1.165) is 65.5 Å². The van der Waals surface area contributed by atoms with Crippen molar-refractivity contribution in [3.63, 3.8) is 0 Å². The van der Waals surface area contributed by atoms with Crippen molar-refractivity contribution >= 4 is 40.1 Å². The lowest BCUT2D eigenvalue weighted by Crippen LogP contribution is -2.36. The Hall–Kier alpha value is -2.01. The van der Waals surface area contributed by atoms with E-state index < -0.39 is 5.97 Å². The van der Waals surface area contributed by atoms with Crippen LogP contribution in [0.5, 0.6) is 0 Å². The van der Waals surface area contributed by atoms with Gasteiger partial charge in [0.2, 0.25) is 0 Å². The average Bonchev–Trinajstić information content (AvgIpc) is 3.02. The van der Waals surface area contributed by atoms with Gasteiger partial charge in [0.25, 0.3) is 0 Å². The summed E-state index contributed by atoms with van der Waals surface area (Å²) < 4.78 is 2.19. The molecule has 0 bridgehead atoms. The third-order valence-electron chi connectivity index (χ3n) is 5.79. The smallest absolute Gasteiger partial charge is 0.307 e. The van der Waals surface area contributed by atoms with Gasteiger partial charge in [0.1, 0.15) is 5.15 Å². The van der Waals surface area contributed by atoms with Crippen molar-refractivity contribution in [1.82, 2.24) is 9.47 Å². The Morgan fingerprint density at radius 1 is 1.07 bits per heavy atom. The Balaban J connectivity index is 1.44. The number of nitrogens with zero attached hydrogens (tertiary/aromatic N) is 2. The van der Waals surface area contributed by atoms with Gasteiger partial charge >= 0.3 is 5.97 Å². The third-order valence-corrected chi connectivity index (χ3v) is 6.45. The van der Waals surface area contributed by atoms with Crippen molar-refractivity contribution in [3.05, 3.63) is 69.8 Å².